The Bertz CT molecular complexity index is 935. The zero-order chi connectivity index (χ0) is 22.5. The molecule has 0 aliphatic carbocycles. The molecule has 1 amide bonds. The van der Waals surface area contributed by atoms with E-state index in [0.717, 1.165) is 55.4 Å². The standard InChI is InChI=1S/C25H31N3O5/c29-24-16-27(13-20-4-3-6-23-25(20)33-18-32-23)14-22(31-17-21-5-1-2-9-26-21)15-28(24)12-19-7-10-30-11-8-19/h1-6,9,19,22H,7-8,10-18H2/t22-/m1/s1. The van der Waals surface area contributed by atoms with Crippen LogP contribution in [0.2, 0.25) is 0 Å². The Kier molecular flexibility index (Phi) is 7.04. The number of fused-ring (bicyclic) bond motifs is 1. The summed E-state index contributed by atoms with van der Waals surface area (Å²) in [6.45, 7) is 5.19. The van der Waals surface area contributed by atoms with Gasteiger partial charge in [-0.25, -0.2) is 0 Å². The average Bonchev–Trinajstić information content (AvgIpc) is 3.28. The first-order valence-electron chi connectivity index (χ1n) is 11.7. The molecular formula is C25H31N3O5. The summed E-state index contributed by atoms with van der Waals surface area (Å²) in [5.41, 5.74) is 1.92. The lowest BCUT2D eigenvalue weighted by atomic mass is 9.99. The number of hydrogen-bond donors (Lipinski definition) is 0. The molecule has 2 saturated heterocycles. The molecule has 0 saturated carbocycles. The number of carbonyl (C=O) groups is 1. The normalized spacial score (nSPS) is 21.9. The fourth-order valence-corrected chi connectivity index (χ4v) is 4.73. The van der Waals surface area contributed by atoms with Crippen LogP contribution in [0, 0.1) is 5.92 Å². The fourth-order valence-electron chi connectivity index (χ4n) is 4.73. The van der Waals surface area contributed by atoms with E-state index in [1.54, 1.807) is 6.20 Å². The lowest BCUT2D eigenvalue weighted by molar-refractivity contribution is -0.133. The molecule has 33 heavy (non-hydrogen) atoms. The summed E-state index contributed by atoms with van der Waals surface area (Å²) in [7, 11) is 0. The SMILES string of the molecule is O=C1CN(Cc2cccc3c2OCO3)C[C@@H](OCc2ccccn2)CN1CC1CCOCC1. The minimum Gasteiger partial charge on any atom is -0.454 e. The van der Waals surface area contributed by atoms with Gasteiger partial charge in [-0.15, -0.1) is 0 Å². The molecule has 3 aliphatic rings. The molecule has 176 valence electrons. The summed E-state index contributed by atoms with van der Waals surface area (Å²) in [4.78, 5) is 21.8. The largest absolute Gasteiger partial charge is 0.454 e. The van der Waals surface area contributed by atoms with Gasteiger partial charge < -0.3 is 23.8 Å². The number of rotatable bonds is 7. The smallest absolute Gasteiger partial charge is 0.236 e. The van der Waals surface area contributed by atoms with E-state index in [1.807, 2.05) is 41.3 Å². The third-order valence-corrected chi connectivity index (χ3v) is 6.48. The molecule has 0 bridgehead atoms. The average molecular weight is 454 g/mol. The van der Waals surface area contributed by atoms with Crippen LogP contribution >= 0.6 is 0 Å². The van der Waals surface area contributed by atoms with Gasteiger partial charge in [0.2, 0.25) is 12.7 Å². The van der Waals surface area contributed by atoms with E-state index >= 15 is 0 Å². The zero-order valence-corrected chi connectivity index (χ0v) is 18.9. The summed E-state index contributed by atoms with van der Waals surface area (Å²) >= 11 is 0. The van der Waals surface area contributed by atoms with Crippen LogP contribution in [0.5, 0.6) is 11.5 Å². The highest BCUT2D eigenvalue weighted by molar-refractivity contribution is 5.78. The predicted octanol–water partition coefficient (Wildman–Crippen LogP) is 2.47. The van der Waals surface area contributed by atoms with Gasteiger partial charge in [0.15, 0.2) is 11.5 Å². The predicted molar refractivity (Wildman–Crippen MR) is 121 cm³/mol. The van der Waals surface area contributed by atoms with E-state index in [1.165, 1.54) is 0 Å². The molecule has 5 rings (SSSR count). The van der Waals surface area contributed by atoms with Gasteiger partial charge in [0.05, 0.1) is 24.9 Å². The van der Waals surface area contributed by atoms with Crippen molar-refractivity contribution in [2.75, 3.05) is 46.2 Å². The van der Waals surface area contributed by atoms with E-state index in [0.29, 0.717) is 38.7 Å². The summed E-state index contributed by atoms with van der Waals surface area (Å²) in [5, 5.41) is 0. The Labute approximate surface area is 194 Å². The summed E-state index contributed by atoms with van der Waals surface area (Å²) < 4.78 is 23.0. The van der Waals surface area contributed by atoms with Crippen molar-refractivity contribution in [2.45, 2.75) is 32.1 Å². The van der Waals surface area contributed by atoms with Gasteiger partial charge in [-0.1, -0.05) is 18.2 Å². The molecule has 2 fully saturated rings. The number of nitrogens with zero attached hydrogens (tertiary/aromatic N) is 3. The number of hydrogen-bond acceptors (Lipinski definition) is 7. The van der Waals surface area contributed by atoms with E-state index < -0.39 is 0 Å². The first-order valence-corrected chi connectivity index (χ1v) is 11.7. The first kappa shape index (κ1) is 22.1. The zero-order valence-electron chi connectivity index (χ0n) is 18.9. The minimum absolute atomic E-state index is 0.104. The summed E-state index contributed by atoms with van der Waals surface area (Å²) in [6, 6.07) is 11.7. The van der Waals surface area contributed by atoms with E-state index in [4.69, 9.17) is 18.9 Å². The Balaban J connectivity index is 1.30. The van der Waals surface area contributed by atoms with E-state index in [2.05, 4.69) is 9.88 Å². The Morgan fingerprint density at radius 1 is 1.06 bits per heavy atom. The minimum atomic E-state index is -0.104. The lowest BCUT2D eigenvalue weighted by Crippen LogP contribution is -2.42. The molecule has 0 radical (unpaired) electrons. The highest BCUT2D eigenvalue weighted by Gasteiger charge is 2.31. The van der Waals surface area contributed by atoms with Crippen molar-refractivity contribution in [3.05, 3.63) is 53.9 Å². The maximum atomic E-state index is 13.3. The van der Waals surface area contributed by atoms with Gasteiger partial charge in [-0.05, 0) is 37.0 Å². The molecule has 8 heteroatoms. The van der Waals surface area contributed by atoms with Crippen molar-refractivity contribution in [3.8, 4) is 11.5 Å². The highest BCUT2D eigenvalue weighted by Crippen LogP contribution is 2.36. The summed E-state index contributed by atoms with van der Waals surface area (Å²) in [5.74, 6) is 2.17. The van der Waals surface area contributed by atoms with Crippen molar-refractivity contribution < 1.29 is 23.7 Å². The number of benzene rings is 1. The van der Waals surface area contributed by atoms with Gasteiger partial charge in [0.25, 0.3) is 0 Å². The van der Waals surface area contributed by atoms with E-state index in [-0.39, 0.29) is 18.8 Å². The molecule has 0 N–H and O–H groups in total. The topological polar surface area (TPSA) is 73.4 Å². The van der Waals surface area contributed by atoms with Crippen LogP contribution in [0.4, 0.5) is 0 Å². The maximum absolute atomic E-state index is 13.3. The Morgan fingerprint density at radius 2 is 1.97 bits per heavy atom. The van der Waals surface area contributed by atoms with Gasteiger partial charge in [-0.2, -0.15) is 0 Å². The second kappa shape index (κ2) is 10.5. The van der Waals surface area contributed by atoms with Gasteiger partial charge in [-0.3, -0.25) is 14.7 Å². The lowest BCUT2D eigenvalue weighted by Gasteiger charge is -2.30. The van der Waals surface area contributed by atoms with Gasteiger partial charge in [0.1, 0.15) is 0 Å². The molecule has 2 aromatic rings. The molecule has 8 nitrogen and oxygen atoms in total. The second-order valence-electron chi connectivity index (χ2n) is 8.93. The van der Waals surface area contributed by atoms with Crippen LogP contribution in [-0.2, 0) is 27.4 Å². The number of carbonyl (C=O) groups excluding carboxylic acids is 1. The van der Waals surface area contributed by atoms with Crippen molar-refractivity contribution in [1.29, 1.82) is 0 Å². The van der Waals surface area contributed by atoms with Crippen molar-refractivity contribution in [1.82, 2.24) is 14.8 Å². The molecule has 3 aliphatic heterocycles. The van der Waals surface area contributed by atoms with Gasteiger partial charge in [0, 0.05) is 51.2 Å². The molecular weight excluding hydrogens is 422 g/mol. The molecule has 0 spiro atoms. The maximum Gasteiger partial charge on any atom is 0.236 e. The van der Waals surface area contributed by atoms with Crippen LogP contribution in [0.25, 0.3) is 0 Å². The molecule has 1 atom stereocenters. The first-order chi connectivity index (χ1) is 16.2. The third-order valence-electron chi connectivity index (χ3n) is 6.48. The summed E-state index contributed by atoms with van der Waals surface area (Å²) in [6.07, 6.45) is 3.67. The third kappa shape index (κ3) is 5.63. The van der Waals surface area contributed by atoms with Crippen molar-refractivity contribution >= 4 is 5.91 Å². The van der Waals surface area contributed by atoms with Crippen LogP contribution in [0.1, 0.15) is 24.1 Å². The van der Waals surface area contributed by atoms with Crippen molar-refractivity contribution in [3.63, 3.8) is 0 Å². The quantitative estimate of drug-likeness (QED) is 0.638. The monoisotopic (exact) mass is 453 g/mol. The van der Waals surface area contributed by atoms with Gasteiger partial charge >= 0.3 is 0 Å². The number of aromatic nitrogens is 1. The number of amides is 1. The fraction of sp³-hybridized carbons (Fsp3) is 0.520. The second-order valence-corrected chi connectivity index (χ2v) is 8.93. The van der Waals surface area contributed by atoms with Crippen molar-refractivity contribution in [2.24, 2.45) is 5.92 Å². The Morgan fingerprint density at radius 3 is 2.82 bits per heavy atom. The molecule has 1 aromatic heterocycles. The molecule has 0 unspecified atom stereocenters. The van der Waals surface area contributed by atoms with E-state index in [9.17, 15) is 4.79 Å². The van der Waals surface area contributed by atoms with Crippen LogP contribution in [-0.4, -0.2) is 73.0 Å². The number of para-hydroxylation sites is 1. The molecule has 1 aromatic carbocycles. The van der Waals surface area contributed by atoms with Crippen LogP contribution < -0.4 is 9.47 Å². The Hall–Kier alpha value is -2.68. The number of ether oxygens (including phenoxy) is 4. The van der Waals surface area contributed by atoms with Crippen LogP contribution in [0.3, 0.4) is 0 Å². The highest BCUT2D eigenvalue weighted by atomic mass is 16.7. The molecule has 4 heterocycles. The number of pyridine rings is 1. The van der Waals surface area contributed by atoms with Crippen LogP contribution in [0.15, 0.2) is 42.6 Å².